The first kappa shape index (κ1) is 5.20. The lowest BCUT2D eigenvalue weighted by Gasteiger charge is -2.01. The Morgan fingerprint density at radius 3 is 2.67 bits per heavy atom. The molecule has 0 aromatic rings. The van der Waals surface area contributed by atoms with Gasteiger partial charge in [-0.25, -0.2) is 0 Å². The van der Waals surface area contributed by atoms with Crippen LogP contribution in [0.2, 0.25) is 0 Å². The molecule has 3 atom stereocenters. The normalized spacial score (nSPS) is 46.4. The van der Waals surface area contributed by atoms with Gasteiger partial charge in [0.1, 0.15) is 6.04 Å². The molecule has 0 amide bonds. The van der Waals surface area contributed by atoms with E-state index in [9.17, 15) is 4.79 Å². The molecule has 0 aliphatic carbocycles. The van der Waals surface area contributed by atoms with Gasteiger partial charge in [0.2, 0.25) is 0 Å². The van der Waals surface area contributed by atoms with E-state index in [1.165, 1.54) is 0 Å². The van der Waals surface area contributed by atoms with E-state index in [1.807, 2.05) is 0 Å². The highest BCUT2D eigenvalue weighted by atomic mass is 16.8. The first-order valence-electron chi connectivity index (χ1n) is 2.97. The van der Waals surface area contributed by atoms with Crippen molar-refractivity contribution in [2.75, 3.05) is 0 Å². The molecule has 4 heteroatoms. The van der Waals surface area contributed by atoms with Crippen LogP contribution in [0.1, 0.15) is 12.8 Å². The van der Waals surface area contributed by atoms with Gasteiger partial charge in [-0.3, -0.25) is 9.63 Å². The molecule has 3 unspecified atom stereocenters. The number of carboxylic acid groups (broad SMARTS) is 1. The summed E-state index contributed by atoms with van der Waals surface area (Å²) in [5, 5.41) is 10.0. The second kappa shape index (κ2) is 1.46. The van der Waals surface area contributed by atoms with E-state index in [-0.39, 0.29) is 12.3 Å². The molecule has 0 aromatic heterocycles. The van der Waals surface area contributed by atoms with Crippen LogP contribution in [0.5, 0.6) is 0 Å². The van der Waals surface area contributed by atoms with Gasteiger partial charge in [-0.15, -0.1) is 5.06 Å². The molecule has 2 aliphatic rings. The van der Waals surface area contributed by atoms with Crippen LogP contribution in [0.25, 0.3) is 0 Å². The number of hydrogen-bond donors (Lipinski definition) is 1. The SMILES string of the molecule is O=C(O)C1CCC2ON21. The zero-order valence-corrected chi connectivity index (χ0v) is 4.78. The summed E-state index contributed by atoms with van der Waals surface area (Å²) in [6.07, 6.45) is 1.74. The average molecular weight is 129 g/mol. The molecule has 2 rings (SSSR count). The van der Waals surface area contributed by atoms with Crippen LogP contribution in [0.4, 0.5) is 0 Å². The second-order valence-corrected chi connectivity index (χ2v) is 2.35. The van der Waals surface area contributed by atoms with Gasteiger partial charge in [0.15, 0.2) is 6.23 Å². The molecule has 0 spiro atoms. The third-order valence-corrected chi connectivity index (χ3v) is 1.76. The van der Waals surface area contributed by atoms with Crippen molar-refractivity contribution in [1.82, 2.24) is 5.06 Å². The number of aliphatic carboxylic acids is 1. The van der Waals surface area contributed by atoms with Crippen LogP contribution < -0.4 is 0 Å². The van der Waals surface area contributed by atoms with Gasteiger partial charge >= 0.3 is 5.97 Å². The summed E-state index contributed by atoms with van der Waals surface area (Å²) in [5.74, 6) is -0.769. The van der Waals surface area contributed by atoms with Gasteiger partial charge < -0.3 is 5.11 Å². The molecular formula is C5H7NO3. The van der Waals surface area contributed by atoms with Gasteiger partial charge in [-0.1, -0.05) is 0 Å². The van der Waals surface area contributed by atoms with Crippen molar-refractivity contribution in [3.05, 3.63) is 0 Å². The van der Waals surface area contributed by atoms with Crippen molar-refractivity contribution >= 4 is 5.97 Å². The summed E-state index contributed by atoms with van der Waals surface area (Å²) in [7, 11) is 0. The van der Waals surface area contributed by atoms with Crippen LogP contribution in [0, 0.1) is 0 Å². The number of carboxylic acids is 1. The van der Waals surface area contributed by atoms with Gasteiger partial charge in [-0.2, -0.15) is 0 Å². The van der Waals surface area contributed by atoms with E-state index < -0.39 is 5.97 Å². The Morgan fingerprint density at radius 2 is 2.44 bits per heavy atom. The highest BCUT2D eigenvalue weighted by Crippen LogP contribution is 2.37. The van der Waals surface area contributed by atoms with Crippen LogP contribution in [0.15, 0.2) is 0 Å². The van der Waals surface area contributed by atoms with Crippen molar-refractivity contribution in [3.8, 4) is 0 Å². The molecule has 1 N–H and O–H groups in total. The zero-order valence-electron chi connectivity index (χ0n) is 4.78. The number of fused-ring (bicyclic) bond motifs is 1. The molecule has 0 radical (unpaired) electrons. The molecule has 9 heavy (non-hydrogen) atoms. The molecule has 2 aliphatic heterocycles. The van der Waals surface area contributed by atoms with Gasteiger partial charge in [0.25, 0.3) is 0 Å². The predicted molar refractivity (Wildman–Crippen MR) is 27.4 cm³/mol. The molecule has 2 heterocycles. The quantitative estimate of drug-likeness (QED) is 0.498. The Kier molecular flexibility index (Phi) is 0.841. The summed E-state index contributed by atoms with van der Waals surface area (Å²) in [6, 6.07) is -0.366. The third-order valence-electron chi connectivity index (χ3n) is 1.76. The molecule has 0 saturated carbocycles. The van der Waals surface area contributed by atoms with Crippen molar-refractivity contribution < 1.29 is 14.7 Å². The van der Waals surface area contributed by atoms with E-state index in [0.29, 0.717) is 0 Å². The topological polar surface area (TPSA) is 52.8 Å². The van der Waals surface area contributed by atoms with Crippen LogP contribution >= 0.6 is 0 Å². The summed E-state index contributed by atoms with van der Waals surface area (Å²) < 4.78 is 0. The van der Waals surface area contributed by atoms with Gasteiger partial charge in [0.05, 0.1) is 0 Å². The fourth-order valence-corrected chi connectivity index (χ4v) is 1.23. The largest absolute Gasteiger partial charge is 0.480 e. The standard InChI is InChI=1S/C5H7NO3/c7-5(8)3-1-2-4-6(3)9-4/h3-4H,1-2H2,(H,7,8). The average Bonchev–Trinajstić information content (AvgIpc) is 2.43. The fraction of sp³-hybridized carbons (Fsp3) is 0.800. The number of rotatable bonds is 1. The number of hydroxylamine groups is 2. The van der Waals surface area contributed by atoms with Crippen LogP contribution in [0.3, 0.4) is 0 Å². The second-order valence-electron chi connectivity index (χ2n) is 2.35. The number of nitrogens with zero attached hydrogens (tertiary/aromatic N) is 1. The summed E-state index contributed by atoms with van der Waals surface area (Å²) in [4.78, 5) is 15.2. The minimum Gasteiger partial charge on any atom is -0.480 e. The Bertz CT molecular complexity index is 158. The van der Waals surface area contributed by atoms with E-state index in [0.717, 1.165) is 12.8 Å². The summed E-state index contributed by atoms with van der Waals surface area (Å²) in [6.45, 7) is 0. The summed E-state index contributed by atoms with van der Waals surface area (Å²) >= 11 is 0. The molecule has 0 aromatic carbocycles. The fourth-order valence-electron chi connectivity index (χ4n) is 1.23. The van der Waals surface area contributed by atoms with Gasteiger partial charge in [0, 0.05) is 0 Å². The van der Waals surface area contributed by atoms with Crippen LogP contribution in [-0.4, -0.2) is 28.4 Å². The maximum atomic E-state index is 10.3. The minimum absolute atomic E-state index is 0.131. The van der Waals surface area contributed by atoms with Crippen LogP contribution in [-0.2, 0) is 9.63 Å². The van der Waals surface area contributed by atoms with Crippen molar-refractivity contribution in [2.24, 2.45) is 0 Å². The number of hydrogen-bond acceptors (Lipinski definition) is 3. The van der Waals surface area contributed by atoms with Crippen molar-refractivity contribution in [3.63, 3.8) is 0 Å². The predicted octanol–water partition coefficient (Wildman–Crippen LogP) is -0.193. The lowest BCUT2D eigenvalue weighted by atomic mass is 10.2. The molecule has 2 saturated heterocycles. The maximum Gasteiger partial charge on any atom is 0.323 e. The maximum absolute atomic E-state index is 10.3. The van der Waals surface area contributed by atoms with E-state index in [1.54, 1.807) is 5.06 Å². The smallest absolute Gasteiger partial charge is 0.323 e. The van der Waals surface area contributed by atoms with Crippen molar-refractivity contribution in [2.45, 2.75) is 25.1 Å². The Balaban J connectivity index is 2.06. The molecule has 4 nitrogen and oxygen atoms in total. The molecular weight excluding hydrogens is 122 g/mol. The molecule has 0 bridgehead atoms. The lowest BCUT2D eigenvalue weighted by Crippen LogP contribution is -2.24. The Hall–Kier alpha value is -0.610. The number of carbonyl (C=O) groups is 1. The Morgan fingerprint density at radius 1 is 1.67 bits per heavy atom. The zero-order chi connectivity index (χ0) is 6.43. The highest BCUT2D eigenvalue weighted by Gasteiger charge is 2.51. The lowest BCUT2D eigenvalue weighted by molar-refractivity contribution is -0.143. The van der Waals surface area contributed by atoms with Gasteiger partial charge in [-0.05, 0) is 12.8 Å². The first-order chi connectivity index (χ1) is 4.29. The Labute approximate surface area is 52.0 Å². The first-order valence-corrected chi connectivity index (χ1v) is 2.97. The molecule has 2 fully saturated rings. The van der Waals surface area contributed by atoms with E-state index in [2.05, 4.69) is 0 Å². The summed E-state index contributed by atoms with van der Waals surface area (Å²) in [5.41, 5.74) is 0. The minimum atomic E-state index is -0.769. The van der Waals surface area contributed by atoms with E-state index >= 15 is 0 Å². The highest BCUT2D eigenvalue weighted by molar-refractivity contribution is 5.74. The monoisotopic (exact) mass is 129 g/mol. The third kappa shape index (κ3) is 0.635. The van der Waals surface area contributed by atoms with E-state index in [4.69, 9.17) is 9.94 Å². The van der Waals surface area contributed by atoms with Crippen molar-refractivity contribution in [1.29, 1.82) is 0 Å². The molecule has 50 valence electrons.